The van der Waals surface area contributed by atoms with Gasteiger partial charge in [0.1, 0.15) is 5.54 Å². The predicted molar refractivity (Wildman–Crippen MR) is 139 cm³/mol. The van der Waals surface area contributed by atoms with E-state index in [1.54, 1.807) is 0 Å². The van der Waals surface area contributed by atoms with Crippen LogP contribution >= 0.6 is 0 Å². The molecule has 4 heterocycles. The number of rotatable bonds is 4. The van der Waals surface area contributed by atoms with Gasteiger partial charge in [-0.05, 0) is 48.7 Å². The average Bonchev–Trinajstić information content (AvgIpc) is 3.58. The number of para-hydroxylation sites is 3. The van der Waals surface area contributed by atoms with E-state index in [1.165, 1.54) is 49.8 Å². The van der Waals surface area contributed by atoms with Crippen LogP contribution in [-0.2, 0) is 18.4 Å². The lowest BCUT2D eigenvalue weighted by Gasteiger charge is -2.39. The summed E-state index contributed by atoms with van der Waals surface area (Å²) in [5, 5.41) is 7.77. The molecule has 0 saturated heterocycles. The van der Waals surface area contributed by atoms with Gasteiger partial charge in [-0.15, -0.1) is 0 Å². The summed E-state index contributed by atoms with van der Waals surface area (Å²) < 4.78 is 0. The minimum Gasteiger partial charge on any atom is -0.361 e. The number of aromatic nitrogens is 3. The number of nitrogens with one attached hydrogen (secondary N) is 4. The van der Waals surface area contributed by atoms with Crippen LogP contribution in [0, 0.1) is 0 Å². The molecular weight excluding hydrogens is 418 g/mol. The van der Waals surface area contributed by atoms with E-state index in [9.17, 15) is 0 Å². The van der Waals surface area contributed by atoms with Gasteiger partial charge in [-0.1, -0.05) is 54.6 Å². The number of benzene rings is 3. The molecule has 3 aromatic heterocycles. The molecule has 0 radical (unpaired) electrons. The van der Waals surface area contributed by atoms with Crippen LogP contribution in [0.25, 0.3) is 32.7 Å². The number of hydrogen-bond donors (Lipinski definition) is 5. The predicted octanol–water partition coefficient (Wildman–Crippen LogP) is 5.07. The number of H-pyrrole nitrogens is 3. The highest BCUT2D eigenvalue weighted by Crippen LogP contribution is 2.47. The van der Waals surface area contributed by atoms with Gasteiger partial charge in [-0.25, -0.2) is 0 Å². The highest BCUT2D eigenvalue weighted by molar-refractivity contribution is 5.92. The lowest BCUT2D eigenvalue weighted by molar-refractivity contribution is 0.431. The van der Waals surface area contributed by atoms with Crippen molar-refractivity contribution in [3.8, 4) is 0 Å². The van der Waals surface area contributed by atoms with E-state index in [-0.39, 0.29) is 0 Å². The van der Waals surface area contributed by atoms with Gasteiger partial charge < -0.3 is 20.7 Å². The van der Waals surface area contributed by atoms with Crippen LogP contribution in [-0.4, -0.2) is 28.0 Å². The molecule has 0 bridgehead atoms. The van der Waals surface area contributed by atoms with Gasteiger partial charge >= 0.3 is 0 Å². The van der Waals surface area contributed by atoms with Crippen molar-refractivity contribution < 1.29 is 0 Å². The minimum absolute atomic E-state index is 0.560. The quantitative estimate of drug-likeness (QED) is 0.262. The zero-order chi connectivity index (χ0) is 22.7. The molecule has 7 rings (SSSR count). The third-order valence-corrected chi connectivity index (χ3v) is 7.53. The third kappa shape index (κ3) is 2.56. The van der Waals surface area contributed by atoms with Crippen molar-refractivity contribution in [2.75, 3.05) is 13.1 Å². The number of fused-ring (bicyclic) bond motifs is 5. The molecule has 1 aliphatic heterocycles. The molecule has 1 aliphatic rings. The van der Waals surface area contributed by atoms with E-state index in [4.69, 9.17) is 5.73 Å². The standard InChI is InChI=1S/C29H27N5/c30-15-13-20-18-7-1-5-11-25(18)33-27(20)29(23-17-31-24-10-4-3-9-22(23)24)28-21(14-16-32-29)19-8-2-6-12-26(19)34-28/h1-12,17,31-34H,13-16,30H2/t29-/m0/s1. The molecule has 168 valence electrons. The molecule has 0 fully saturated rings. The number of hydrogen-bond acceptors (Lipinski definition) is 2. The molecule has 34 heavy (non-hydrogen) atoms. The molecule has 3 aromatic carbocycles. The normalized spacial score (nSPS) is 18.1. The zero-order valence-corrected chi connectivity index (χ0v) is 18.9. The molecule has 0 spiro atoms. The van der Waals surface area contributed by atoms with Crippen molar-refractivity contribution in [3.63, 3.8) is 0 Å². The zero-order valence-electron chi connectivity index (χ0n) is 18.9. The van der Waals surface area contributed by atoms with Gasteiger partial charge in [0.15, 0.2) is 0 Å². The second-order valence-corrected chi connectivity index (χ2v) is 9.26. The van der Waals surface area contributed by atoms with Crippen LogP contribution < -0.4 is 11.1 Å². The topological polar surface area (TPSA) is 85.4 Å². The van der Waals surface area contributed by atoms with Gasteiger partial charge in [0.25, 0.3) is 0 Å². The Bertz CT molecular complexity index is 1670. The summed E-state index contributed by atoms with van der Waals surface area (Å²) in [7, 11) is 0. The maximum atomic E-state index is 6.17. The van der Waals surface area contributed by atoms with Crippen LogP contribution in [0.2, 0.25) is 0 Å². The van der Waals surface area contributed by atoms with Crippen LogP contribution in [0.15, 0.2) is 79.0 Å². The van der Waals surface area contributed by atoms with Gasteiger partial charge in [0, 0.05) is 51.0 Å². The Labute approximate surface area is 197 Å². The molecule has 0 saturated carbocycles. The number of nitrogens with two attached hydrogens (primary N) is 1. The SMILES string of the molecule is NCCc1c([C@]2(c3c[nH]c4ccccc34)NCCc3c2[nH]c2ccccc32)[nH]c2ccccc12. The summed E-state index contributed by atoms with van der Waals surface area (Å²) >= 11 is 0. The van der Waals surface area contributed by atoms with Crippen LogP contribution in [0.1, 0.15) is 28.1 Å². The van der Waals surface area contributed by atoms with E-state index < -0.39 is 5.54 Å². The molecule has 0 unspecified atom stereocenters. The van der Waals surface area contributed by atoms with Crippen molar-refractivity contribution in [2.24, 2.45) is 5.73 Å². The third-order valence-electron chi connectivity index (χ3n) is 7.53. The second kappa shape index (κ2) is 7.35. The molecule has 5 heteroatoms. The first kappa shape index (κ1) is 19.6. The lowest BCUT2D eigenvalue weighted by atomic mass is 9.76. The first-order valence-corrected chi connectivity index (χ1v) is 12.0. The highest BCUT2D eigenvalue weighted by atomic mass is 15.1. The monoisotopic (exact) mass is 445 g/mol. The van der Waals surface area contributed by atoms with E-state index in [1.807, 2.05) is 0 Å². The fourth-order valence-corrected chi connectivity index (χ4v) is 6.13. The molecule has 6 aromatic rings. The molecule has 0 aliphatic carbocycles. The molecule has 0 amide bonds. The summed E-state index contributed by atoms with van der Waals surface area (Å²) in [6.45, 7) is 1.48. The average molecular weight is 446 g/mol. The Balaban J connectivity index is 1.65. The first-order valence-electron chi connectivity index (χ1n) is 12.0. The van der Waals surface area contributed by atoms with Gasteiger partial charge in [-0.2, -0.15) is 0 Å². The van der Waals surface area contributed by atoms with Crippen molar-refractivity contribution >= 4 is 32.7 Å². The van der Waals surface area contributed by atoms with Crippen molar-refractivity contribution in [1.29, 1.82) is 0 Å². The highest BCUT2D eigenvalue weighted by Gasteiger charge is 2.46. The fraction of sp³-hybridized carbons (Fsp3) is 0.172. The van der Waals surface area contributed by atoms with Gasteiger partial charge in [0.2, 0.25) is 0 Å². The van der Waals surface area contributed by atoms with E-state index in [2.05, 4.69) is 99.3 Å². The Hall–Kier alpha value is -3.80. The van der Waals surface area contributed by atoms with Crippen LogP contribution in [0.4, 0.5) is 0 Å². The van der Waals surface area contributed by atoms with Crippen LogP contribution in [0.3, 0.4) is 0 Å². The minimum atomic E-state index is -0.560. The molecule has 5 nitrogen and oxygen atoms in total. The summed E-state index contributed by atoms with van der Waals surface area (Å²) in [6, 6.07) is 25.8. The molecule has 6 N–H and O–H groups in total. The van der Waals surface area contributed by atoms with Crippen molar-refractivity contribution in [3.05, 3.63) is 107 Å². The molecular formula is C29H27N5. The second-order valence-electron chi connectivity index (χ2n) is 9.26. The summed E-state index contributed by atoms with van der Waals surface area (Å²) in [5.41, 5.74) is 15.4. The van der Waals surface area contributed by atoms with E-state index in [0.717, 1.165) is 30.4 Å². The summed E-state index contributed by atoms with van der Waals surface area (Å²) in [6.07, 6.45) is 3.96. The summed E-state index contributed by atoms with van der Waals surface area (Å²) in [5.74, 6) is 0. The van der Waals surface area contributed by atoms with Gasteiger partial charge in [-0.3, -0.25) is 5.32 Å². The Morgan fingerprint density at radius 1 is 0.735 bits per heavy atom. The Morgan fingerprint density at radius 3 is 2.18 bits per heavy atom. The van der Waals surface area contributed by atoms with Gasteiger partial charge in [0.05, 0.1) is 11.4 Å². The molecule has 1 atom stereocenters. The maximum Gasteiger partial charge on any atom is 0.127 e. The largest absolute Gasteiger partial charge is 0.361 e. The van der Waals surface area contributed by atoms with Crippen LogP contribution in [0.5, 0.6) is 0 Å². The lowest BCUT2D eigenvalue weighted by Crippen LogP contribution is -2.50. The fourth-order valence-electron chi connectivity index (χ4n) is 6.13. The van der Waals surface area contributed by atoms with E-state index in [0.29, 0.717) is 6.54 Å². The smallest absolute Gasteiger partial charge is 0.127 e. The van der Waals surface area contributed by atoms with Crippen molar-refractivity contribution in [2.45, 2.75) is 18.4 Å². The summed E-state index contributed by atoms with van der Waals surface area (Å²) in [4.78, 5) is 11.2. The Morgan fingerprint density at radius 2 is 1.38 bits per heavy atom. The first-order chi connectivity index (χ1) is 16.8. The van der Waals surface area contributed by atoms with Crippen molar-refractivity contribution in [1.82, 2.24) is 20.3 Å². The maximum absolute atomic E-state index is 6.17. The number of aromatic amines is 3. The van der Waals surface area contributed by atoms with E-state index >= 15 is 0 Å². The Kier molecular flexibility index (Phi) is 4.25.